The lowest BCUT2D eigenvalue weighted by atomic mass is 9.90. The molecule has 1 fully saturated rings. The third-order valence-corrected chi connectivity index (χ3v) is 5.20. The van der Waals surface area contributed by atoms with Gasteiger partial charge >= 0.3 is 5.63 Å². The first-order valence-electron chi connectivity index (χ1n) is 7.84. The number of aryl methyl sites for hydroxylation is 1. The predicted octanol–water partition coefficient (Wildman–Crippen LogP) is 1.62. The first-order chi connectivity index (χ1) is 11.1. The van der Waals surface area contributed by atoms with E-state index in [1.807, 2.05) is 0 Å². The number of rotatable bonds is 1. The molecule has 1 saturated heterocycles. The summed E-state index contributed by atoms with van der Waals surface area (Å²) in [4.78, 5) is 12.4. The van der Waals surface area contributed by atoms with E-state index in [2.05, 4.69) is 0 Å². The molecular weight excluding hydrogens is 300 g/mol. The van der Waals surface area contributed by atoms with E-state index in [4.69, 9.17) is 18.6 Å². The highest BCUT2D eigenvalue weighted by molar-refractivity contribution is 5.93. The minimum Gasteiger partial charge on any atom is -0.496 e. The van der Waals surface area contributed by atoms with Crippen LogP contribution in [0.4, 0.5) is 0 Å². The molecule has 2 atom stereocenters. The summed E-state index contributed by atoms with van der Waals surface area (Å²) in [5, 5.41) is 11.8. The van der Waals surface area contributed by atoms with Crippen LogP contribution in [0.25, 0.3) is 11.0 Å². The lowest BCUT2D eigenvalue weighted by molar-refractivity contribution is -0.123. The topological polar surface area (TPSA) is 78.1 Å². The van der Waals surface area contributed by atoms with E-state index in [9.17, 15) is 9.90 Å². The van der Waals surface area contributed by atoms with Gasteiger partial charge in [-0.25, -0.2) is 4.79 Å². The van der Waals surface area contributed by atoms with Crippen molar-refractivity contribution in [3.05, 3.63) is 33.2 Å². The van der Waals surface area contributed by atoms with Gasteiger partial charge in [-0.2, -0.15) is 0 Å². The van der Waals surface area contributed by atoms with Crippen LogP contribution in [0.2, 0.25) is 0 Å². The van der Waals surface area contributed by atoms with Crippen molar-refractivity contribution in [3.63, 3.8) is 0 Å². The molecule has 1 N–H and O–H groups in total. The number of fused-ring (bicyclic) bond motifs is 7. The second kappa shape index (κ2) is 4.27. The van der Waals surface area contributed by atoms with Crippen molar-refractivity contribution in [2.45, 2.75) is 37.6 Å². The molecule has 0 spiro atoms. The van der Waals surface area contributed by atoms with Crippen LogP contribution in [0.15, 0.2) is 15.3 Å². The van der Waals surface area contributed by atoms with Crippen molar-refractivity contribution in [1.82, 2.24) is 0 Å². The Labute approximate surface area is 131 Å². The van der Waals surface area contributed by atoms with Gasteiger partial charge in [0.25, 0.3) is 0 Å². The van der Waals surface area contributed by atoms with E-state index in [0.29, 0.717) is 35.7 Å². The van der Waals surface area contributed by atoms with Gasteiger partial charge in [0.15, 0.2) is 11.2 Å². The quantitative estimate of drug-likeness (QED) is 0.806. The standard InChI is InChI=1S/C17H16O6/c1-20-10-7-11-13(17(19)5-6-21-16(17)22-11)14-12(10)8-3-2-4-9(8)15(18)23-14/h7,16,19H,2-6H2,1H3. The molecule has 0 saturated carbocycles. The summed E-state index contributed by atoms with van der Waals surface area (Å²) in [5.74, 6) is 1.06. The van der Waals surface area contributed by atoms with E-state index >= 15 is 0 Å². The van der Waals surface area contributed by atoms with Gasteiger partial charge in [-0.05, 0) is 24.8 Å². The fourth-order valence-electron chi connectivity index (χ4n) is 4.13. The van der Waals surface area contributed by atoms with Crippen LogP contribution in [-0.2, 0) is 23.2 Å². The number of hydrogen-bond donors (Lipinski definition) is 1. The fourth-order valence-corrected chi connectivity index (χ4v) is 4.13. The van der Waals surface area contributed by atoms with Crippen molar-refractivity contribution in [2.24, 2.45) is 0 Å². The van der Waals surface area contributed by atoms with Crippen molar-refractivity contribution < 1.29 is 23.7 Å². The Morgan fingerprint density at radius 3 is 3.00 bits per heavy atom. The molecule has 1 aliphatic carbocycles. The maximum Gasteiger partial charge on any atom is 0.339 e. The Hall–Kier alpha value is -2.05. The first kappa shape index (κ1) is 13.4. The van der Waals surface area contributed by atoms with Gasteiger partial charge in [0.05, 0.1) is 24.7 Å². The van der Waals surface area contributed by atoms with Crippen molar-refractivity contribution in [1.29, 1.82) is 0 Å². The van der Waals surface area contributed by atoms with Crippen molar-refractivity contribution >= 4 is 11.0 Å². The largest absolute Gasteiger partial charge is 0.496 e. The normalized spacial score (nSPS) is 27.7. The second-order valence-electron chi connectivity index (χ2n) is 6.35. The summed E-state index contributed by atoms with van der Waals surface area (Å²) in [6, 6.07) is 1.76. The van der Waals surface area contributed by atoms with Crippen LogP contribution >= 0.6 is 0 Å². The molecule has 0 amide bonds. The van der Waals surface area contributed by atoms with E-state index in [1.54, 1.807) is 13.2 Å². The van der Waals surface area contributed by atoms with Gasteiger partial charge in [0.2, 0.25) is 6.29 Å². The van der Waals surface area contributed by atoms with Crippen molar-refractivity contribution in [3.8, 4) is 11.5 Å². The SMILES string of the molecule is COc1cc2c(c3oc(=O)c4c(c13)CCC4)C1(O)CCOC1O2. The third-order valence-electron chi connectivity index (χ3n) is 5.20. The van der Waals surface area contributed by atoms with Gasteiger partial charge in [-0.3, -0.25) is 0 Å². The average molecular weight is 316 g/mol. The molecule has 1 aromatic carbocycles. The van der Waals surface area contributed by atoms with Gasteiger partial charge in [-0.1, -0.05) is 0 Å². The van der Waals surface area contributed by atoms with E-state index < -0.39 is 11.9 Å². The number of benzene rings is 1. The molecule has 1 aromatic heterocycles. The fraction of sp³-hybridized carbons (Fsp3) is 0.471. The summed E-state index contributed by atoms with van der Waals surface area (Å²) in [7, 11) is 1.58. The van der Waals surface area contributed by atoms with E-state index in [0.717, 1.165) is 35.8 Å². The number of ether oxygens (including phenoxy) is 3. The zero-order chi connectivity index (χ0) is 15.8. The first-order valence-corrected chi connectivity index (χ1v) is 7.84. The molecule has 3 aliphatic rings. The summed E-state index contributed by atoms with van der Waals surface area (Å²) >= 11 is 0. The summed E-state index contributed by atoms with van der Waals surface area (Å²) < 4.78 is 22.3. The van der Waals surface area contributed by atoms with Crippen LogP contribution in [0.1, 0.15) is 29.5 Å². The van der Waals surface area contributed by atoms with Gasteiger partial charge in [0.1, 0.15) is 11.5 Å². The number of methoxy groups -OCH3 is 1. The average Bonchev–Trinajstić information content (AvgIpc) is 3.19. The minimum absolute atomic E-state index is 0.327. The summed E-state index contributed by atoms with van der Waals surface area (Å²) in [5.41, 5.74) is 0.986. The summed E-state index contributed by atoms with van der Waals surface area (Å²) in [6.45, 7) is 0.406. The second-order valence-corrected chi connectivity index (χ2v) is 6.35. The lowest BCUT2D eigenvalue weighted by Crippen LogP contribution is -2.33. The molecule has 2 aliphatic heterocycles. The van der Waals surface area contributed by atoms with Crippen LogP contribution in [0, 0.1) is 0 Å². The molecule has 120 valence electrons. The molecule has 6 nitrogen and oxygen atoms in total. The zero-order valence-corrected chi connectivity index (χ0v) is 12.7. The van der Waals surface area contributed by atoms with Gasteiger partial charge in [0, 0.05) is 18.1 Å². The minimum atomic E-state index is -1.28. The van der Waals surface area contributed by atoms with Crippen LogP contribution in [0.3, 0.4) is 0 Å². The number of hydrogen-bond acceptors (Lipinski definition) is 6. The van der Waals surface area contributed by atoms with E-state index in [1.165, 1.54) is 0 Å². The zero-order valence-electron chi connectivity index (χ0n) is 12.7. The van der Waals surface area contributed by atoms with Crippen LogP contribution in [0.5, 0.6) is 11.5 Å². The van der Waals surface area contributed by atoms with E-state index in [-0.39, 0.29) is 5.63 Å². The maximum absolute atomic E-state index is 12.4. The number of aliphatic hydroxyl groups is 1. The third kappa shape index (κ3) is 1.52. The smallest absolute Gasteiger partial charge is 0.339 e. The monoisotopic (exact) mass is 316 g/mol. The maximum atomic E-state index is 12.4. The molecule has 2 aromatic rings. The molecule has 3 heterocycles. The molecular formula is C17H16O6. The van der Waals surface area contributed by atoms with Crippen LogP contribution in [-0.4, -0.2) is 25.1 Å². The Morgan fingerprint density at radius 1 is 1.35 bits per heavy atom. The lowest BCUT2D eigenvalue weighted by Gasteiger charge is -2.20. The molecule has 23 heavy (non-hydrogen) atoms. The molecule has 6 heteroatoms. The summed E-state index contributed by atoms with van der Waals surface area (Å²) in [6.07, 6.45) is 2.11. The highest BCUT2D eigenvalue weighted by atomic mass is 16.7. The molecule has 0 bridgehead atoms. The van der Waals surface area contributed by atoms with Gasteiger partial charge < -0.3 is 23.7 Å². The highest BCUT2D eigenvalue weighted by Crippen LogP contribution is 2.53. The van der Waals surface area contributed by atoms with Crippen LogP contribution < -0.4 is 15.1 Å². The Kier molecular flexibility index (Phi) is 2.49. The molecule has 5 rings (SSSR count). The predicted molar refractivity (Wildman–Crippen MR) is 79.9 cm³/mol. The Morgan fingerprint density at radius 2 is 2.17 bits per heavy atom. The van der Waals surface area contributed by atoms with Crippen molar-refractivity contribution in [2.75, 3.05) is 13.7 Å². The molecule has 0 radical (unpaired) electrons. The highest BCUT2D eigenvalue weighted by Gasteiger charge is 2.54. The Bertz CT molecular complexity index is 898. The molecule has 2 unspecified atom stereocenters. The van der Waals surface area contributed by atoms with Gasteiger partial charge in [-0.15, -0.1) is 0 Å². The Balaban J connectivity index is 1.94.